The number of carbonyl (C=O) groups is 1. The summed E-state index contributed by atoms with van der Waals surface area (Å²) < 4.78 is 5.63. The van der Waals surface area contributed by atoms with E-state index in [1.807, 2.05) is 17.5 Å². The van der Waals surface area contributed by atoms with Crippen molar-refractivity contribution in [1.29, 1.82) is 0 Å². The molecule has 0 atom stereocenters. The Balaban J connectivity index is 1.48. The van der Waals surface area contributed by atoms with Crippen molar-refractivity contribution in [2.75, 3.05) is 18.8 Å². The van der Waals surface area contributed by atoms with Gasteiger partial charge < -0.3 is 4.42 Å². The van der Waals surface area contributed by atoms with E-state index in [0.717, 1.165) is 23.9 Å². The van der Waals surface area contributed by atoms with Crippen LogP contribution in [0.15, 0.2) is 27.2 Å². The minimum Gasteiger partial charge on any atom is -0.415 e. The van der Waals surface area contributed by atoms with E-state index in [1.165, 1.54) is 35.9 Å². The number of piperidine rings is 1. The highest BCUT2D eigenvalue weighted by atomic mass is 32.2. The summed E-state index contributed by atoms with van der Waals surface area (Å²) in [6.45, 7) is 5.17. The summed E-state index contributed by atoms with van der Waals surface area (Å²) in [5.74, 6) is 1.89. The number of ketones is 1. The van der Waals surface area contributed by atoms with Crippen molar-refractivity contribution in [2.45, 2.75) is 31.5 Å². The van der Waals surface area contributed by atoms with Crippen LogP contribution in [0, 0.1) is 5.92 Å². The van der Waals surface area contributed by atoms with E-state index >= 15 is 0 Å². The molecule has 118 valence electrons. The van der Waals surface area contributed by atoms with Gasteiger partial charge in [-0.1, -0.05) is 24.8 Å². The molecule has 0 N–H and O–H groups in total. The van der Waals surface area contributed by atoms with Crippen LogP contribution in [0.5, 0.6) is 0 Å². The van der Waals surface area contributed by atoms with Crippen molar-refractivity contribution in [1.82, 2.24) is 15.1 Å². The number of thiophene rings is 1. The molecular weight excluding hydrogens is 318 g/mol. The molecule has 0 saturated carbocycles. The number of thioether (sulfide) groups is 1. The molecule has 2 aromatic rings. The molecule has 5 nitrogen and oxygen atoms in total. The van der Waals surface area contributed by atoms with Gasteiger partial charge in [-0.3, -0.25) is 9.69 Å². The summed E-state index contributed by atoms with van der Waals surface area (Å²) in [6.07, 6.45) is 2.45. The van der Waals surface area contributed by atoms with Crippen LogP contribution in [-0.4, -0.2) is 39.7 Å². The maximum absolute atomic E-state index is 11.9. The molecule has 1 fully saturated rings. The third-order valence-corrected chi connectivity index (χ3v) is 5.54. The highest BCUT2D eigenvalue weighted by Crippen LogP contribution is 2.21. The number of hydrogen-bond acceptors (Lipinski definition) is 7. The maximum Gasteiger partial charge on any atom is 0.277 e. The van der Waals surface area contributed by atoms with E-state index < -0.39 is 0 Å². The van der Waals surface area contributed by atoms with Gasteiger partial charge in [0.1, 0.15) is 0 Å². The summed E-state index contributed by atoms with van der Waals surface area (Å²) >= 11 is 2.77. The van der Waals surface area contributed by atoms with E-state index in [4.69, 9.17) is 4.42 Å². The van der Waals surface area contributed by atoms with Crippen LogP contribution in [-0.2, 0) is 6.54 Å². The van der Waals surface area contributed by atoms with Crippen LogP contribution in [0.2, 0.25) is 0 Å². The first kappa shape index (κ1) is 15.7. The number of nitrogens with zero attached hydrogens (tertiary/aromatic N) is 3. The molecule has 22 heavy (non-hydrogen) atoms. The fraction of sp³-hybridized carbons (Fsp3) is 0.533. The molecule has 0 unspecified atom stereocenters. The number of aromatic nitrogens is 2. The third-order valence-electron chi connectivity index (χ3n) is 3.81. The molecule has 0 spiro atoms. The molecule has 7 heteroatoms. The van der Waals surface area contributed by atoms with E-state index in [1.54, 1.807) is 0 Å². The van der Waals surface area contributed by atoms with Crippen LogP contribution in [0.4, 0.5) is 0 Å². The third kappa shape index (κ3) is 4.18. The van der Waals surface area contributed by atoms with Crippen LogP contribution in [0.3, 0.4) is 0 Å². The zero-order valence-corrected chi connectivity index (χ0v) is 14.2. The SMILES string of the molecule is CC1CCN(Cc2nnc(SCC(=O)c3cccs3)o2)CC1. The molecule has 1 aliphatic rings. The van der Waals surface area contributed by atoms with Crippen molar-refractivity contribution < 1.29 is 9.21 Å². The average molecular weight is 337 g/mol. The Morgan fingerprint density at radius 2 is 2.27 bits per heavy atom. The Morgan fingerprint density at radius 3 is 3.00 bits per heavy atom. The Kier molecular flexibility index (Phi) is 5.28. The van der Waals surface area contributed by atoms with E-state index in [0.29, 0.717) is 23.4 Å². The quantitative estimate of drug-likeness (QED) is 0.595. The summed E-state index contributed by atoms with van der Waals surface area (Å²) in [5.41, 5.74) is 0. The van der Waals surface area contributed by atoms with Crippen molar-refractivity contribution in [3.8, 4) is 0 Å². The summed E-state index contributed by atoms with van der Waals surface area (Å²) in [5, 5.41) is 10.5. The molecule has 0 amide bonds. The normalized spacial score (nSPS) is 17.0. The lowest BCUT2D eigenvalue weighted by molar-refractivity contribution is 0.102. The predicted molar refractivity (Wildman–Crippen MR) is 87.3 cm³/mol. The van der Waals surface area contributed by atoms with Crippen LogP contribution in [0.1, 0.15) is 35.3 Å². The van der Waals surface area contributed by atoms with Gasteiger partial charge in [0.25, 0.3) is 5.22 Å². The summed E-state index contributed by atoms with van der Waals surface area (Å²) in [6, 6.07) is 3.72. The van der Waals surface area contributed by atoms with Crippen LogP contribution in [0.25, 0.3) is 0 Å². The summed E-state index contributed by atoms with van der Waals surface area (Å²) in [4.78, 5) is 15.0. The lowest BCUT2D eigenvalue weighted by Gasteiger charge is -2.28. The van der Waals surface area contributed by atoms with Gasteiger partial charge in [-0.05, 0) is 43.3 Å². The van der Waals surface area contributed by atoms with Crippen molar-refractivity contribution >= 4 is 28.9 Å². The molecule has 0 aromatic carbocycles. The second kappa shape index (κ2) is 7.39. The Labute approximate surface area is 138 Å². The molecule has 2 aromatic heterocycles. The molecule has 3 heterocycles. The first-order valence-corrected chi connectivity index (χ1v) is 9.31. The second-order valence-electron chi connectivity index (χ2n) is 5.61. The molecule has 3 rings (SSSR count). The number of carbonyl (C=O) groups excluding carboxylic acids is 1. The molecule has 1 aliphatic heterocycles. The first-order chi connectivity index (χ1) is 10.7. The first-order valence-electron chi connectivity index (χ1n) is 7.45. The highest BCUT2D eigenvalue weighted by molar-refractivity contribution is 7.99. The van der Waals surface area contributed by atoms with Gasteiger partial charge in [-0.15, -0.1) is 21.5 Å². The van der Waals surface area contributed by atoms with Gasteiger partial charge in [0.2, 0.25) is 5.89 Å². The topological polar surface area (TPSA) is 59.2 Å². The van der Waals surface area contributed by atoms with Crippen LogP contribution >= 0.6 is 23.1 Å². The number of Topliss-reactive ketones (excluding diaryl/α,β-unsaturated/α-hetero) is 1. The van der Waals surface area contributed by atoms with Gasteiger partial charge in [-0.2, -0.15) is 0 Å². The number of rotatable bonds is 6. The number of hydrogen-bond donors (Lipinski definition) is 0. The Bertz CT molecular complexity index is 604. The fourth-order valence-corrected chi connectivity index (χ4v) is 3.83. The van der Waals surface area contributed by atoms with Gasteiger partial charge in [-0.25, -0.2) is 0 Å². The smallest absolute Gasteiger partial charge is 0.277 e. The fourth-order valence-electron chi connectivity index (χ4n) is 2.41. The van der Waals surface area contributed by atoms with Crippen LogP contribution < -0.4 is 0 Å². The number of likely N-dealkylation sites (tertiary alicyclic amines) is 1. The Hall–Kier alpha value is -1.18. The van der Waals surface area contributed by atoms with Gasteiger partial charge in [0.15, 0.2) is 5.78 Å². The lowest BCUT2D eigenvalue weighted by Crippen LogP contribution is -2.32. The zero-order valence-electron chi connectivity index (χ0n) is 12.5. The average Bonchev–Trinajstić information content (AvgIpc) is 3.19. The lowest BCUT2D eigenvalue weighted by atomic mass is 9.99. The minimum atomic E-state index is 0.102. The van der Waals surface area contributed by atoms with Gasteiger partial charge >= 0.3 is 0 Å². The van der Waals surface area contributed by atoms with E-state index in [2.05, 4.69) is 22.0 Å². The maximum atomic E-state index is 11.9. The van der Waals surface area contributed by atoms with Crippen molar-refractivity contribution in [3.05, 3.63) is 28.3 Å². The Morgan fingerprint density at radius 1 is 1.45 bits per heavy atom. The minimum absolute atomic E-state index is 0.102. The van der Waals surface area contributed by atoms with Crippen molar-refractivity contribution in [3.63, 3.8) is 0 Å². The van der Waals surface area contributed by atoms with Gasteiger partial charge in [0.05, 0.1) is 17.2 Å². The van der Waals surface area contributed by atoms with E-state index in [-0.39, 0.29) is 5.78 Å². The molecule has 0 aliphatic carbocycles. The molecule has 0 radical (unpaired) electrons. The monoisotopic (exact) mass is 337 g/mol. The second-order valence-corrected chi connectivity index (χ2v) is 7.48. The molecule has 0 bridgehead atoms. The molecular formula is C15H19N3O2S2. The zero-order chi connectivity index (χ0) is 15.4. The van der Waals surface area contributed by atoms with Crippen molar-refractivity contribution in [2.24, 2.45) is 5.92 Å². The standard InChI is InChI=1S/C15H19N3O2S2/c1-11-4-6-18(7-5-11)9-14-16-17-15(20-14)22-10-12(19)13-3-2-8-21-13/h2-3,8,11H,4-7,9-10H2,1H3. The largest absolute Gasteiger partial charge is 0.415 e. The van der Waals surface area contributed by atoms with Gasteiger partial charge in [0, 0.05) is 0 Å². The molecule has 1 saturated heterocycles. The predicted octanol–water partition coefficient (Wildman–Crippen LogP) is 3.34. The summed E-state index contributed by atoms with van der Waals surface area (Å²) in [7, 11) is 0. The van der Waals surface area contributed by atoms with E-state index in [9.17, 15) is 4.79 Å². The highest BCUT2D eigenvalue weighted by Gasteiger charge is 2.18.